The smallest absolute Gasteiger partial charge is 0.223 e. The number of benzene rings is 1. The van der Waals surface area contributed by atoms with Crippen LogP contribution < -0.4 is 5.32 Å². The number of halogens is 1. The maximum Gasteiger partial charge on any atom is 0.223 e. The van der Waals surface area contributed by atoms with E-state index in [2.05, 4.69) is 5.32 Å². The van der Waals surface area contributed by atoms with E-state index in [0.717, 1.165) is 18.4 Å². The van der Waals surface area contributed by atoms with Crippen molar-refractivity contribution in [2.45, 2.75) is 19.4 Å². The fourth-order valence-corrected chi connectivity index (χ4v) is 1.33. The molecule has 1 aromatic carbocycles. The molecule has 1 N–H and O–H groups in total. The molecule has 0 aromatic heterocycles. The fraction of sp³-hybridized carbons (Fsp3) is 0.364. The summed E-state index contributed by atoms with van der Waals surface area (Å²) in [6.07, 6.45) is 1.99. The van der Waals surface area contributed by atoms with Gasteiger partial charge in [-0.05, 0) is 30.5 Å². The lowest BCUT2D eigenvalue weighted by Crippen LogP contribution is -2.24. The van der Waals surface area contributed by atoms with Crippen LogP contribution in [0.4, 0.5) is 4.39 Å². The predicted octanol–water partition coefficient (Wildman–Crippen LogP) is 1.85. The van der Waals surface area contributed by atoms with Crippen LogP contribution in [0.25, 0.3) is 0 Å². The summed E-state index contributed by atoms with van der Waals surface area (Å²) in [5.74, 6) is 0.0426. The SMILES string of the molecule is O=C(NCc1cccc(F)c1)C1CC1. The van der Waals surface area contributed by atoms with Crippen LogP contribution in [0, 0.1) is 11.7 Å². The zero-order chi connectivity index (χ0) is 9.97. The summed E-state index contributed by atoms with van der Waals surface area (Å²) in [5, 5.41) is 2.78. The average Bonchev–Trinajstić information content (AvgIpc) is 2.97. The molecule has 1 fully saturated rings. The third kappa shape index (κ3) is 2.31. The van der Waals surface area contributed by atoms with Crippen molar-refractivity contribution in [2.75, 3.05) is 0 Å². The van der Waals surface area contributed by atoms with E-state index >= 15 is 0 Å². The molecule has 1 aliphatic carbocycles. The highest BCUT2D eigenvalue weighted by Crippen LogP contribution is 2.28. The van der Waals surface area contributed by atoms with Gasteiger partial charge in [-0.15, -0.1) is 0 Å². The van der Waals surface area contributed by atoms with Crippen molar-refractivity contribution < 1.29 is 9.18 Å². The largest absolute Gasteiger partial charge is 0.352 e. The first-order valence-electron chi connectivity index (χ1n) is 4.78. The van der Waals surface area contributed by atoms with E-state index < -0.39 is 0 Å². The Kier molecular flexibility index (Phi) is 2.48. The molecule has 1 aliphatic rings. The van der Waals surface area contributed by atoms with E-state index in [4.69, 9.17) is 0 Å². The Morgan fingerprint density at radius 1 is 1.50 bits per heavy atom. The van der Waals surface area contributed by atoms with Gasteiger partial charge in [-0.25, -0.2) is 4.39 Å². The van der Waals surface area contributed by atoms with Gasteiger partial charge in [-0.3, -0.25) is 4.79 Å². The lowest BCUT2D eigenvalue weighted by atomic mass is 10.2. The van der Waals surface area contributed by atoms with Gasteiger partial charge in [0.15, 0.2) is 0 Å². The molecule has 0 spiro atoms. The van der Waals surface area contributed by atoms with Gasteiger partial charge >= 0.3 is 0 Å². The number of carbonyl (C=O) groups is 1. The van der Waals surface area contributed by atoms with E-state index in [-0.39, 0.29) is 17.6 Å². The summed E-state index contributed by atoms with van der Waals surface area (Å²) in [6, 6.07) is 6.28. The van der Waals surface area contributed by atoms with Crippen LogP contribution >= 0.6 is 0 Å². The maximum atomic E-state index is 12.7. The van der Waals surface area contributed by atoms with Crippen molar-refractivity contribution in [3.8, 4) is 0 Å². The molecule has 1 aromatic rings. The minimum atomic E-state index is -0.261. The van der Waals surface area contributed by atoms with Gasteiger partial charge in [0.25, 0.3) is 0 Å². The predicted molar refractivity (Wildman–Crippen MR) is 51.0 cm³/mol. The Morgan fingerprint density at radius 2 is 2.29 bits per heavy atom. The molecule has 0 bridgehead atoms. The zero-order valence-electron chi connectivity index (χ0n) is 7.79. The van der Waals surface area contributed by atoms with Crippen molar-refractivity contribution in [1.82, 2.24) is 5.32 Å². The molecule has 0 saturated heterocycles. The monoisotopic (exact) mass is 193 g/mol. The van der Waals surface area contributed by atoms with Gasteiger partial charge in [0.05, 0.1) is 0 Å². The highest BCUT2D eigenvalue weighted by molar-refractivity contribution is 5.80. The third-order valence-corrected chi connectivity index (χ3v) is 2.30. The van der Waals surface area contributed by atoms with E-state index in [1.807, 2.05) is 0 Å². The van der Waals surface area contributed by atoms with Gasteiger partial charge in [-0.2, -0.15) is 0 Å². The molecule has 3 heteroatoms. The second-order valence-electron chi connectivity index (χ2n) is 3.62. The maximum absolute atomic E-state index is 12.7. The molecule has 2 rings (SSSR count). The molecular weight excluding hydrogens is 181 g/mol. The molecule has 0 unspecified atom stereocenters. The van der Waals surface area contributed by atoms with Crippen molar-refractivity contribution in [2.24, 2.45) is 5.92 Å². The topological polar surface area (TPSA) is 29.1 Å². The summed E-state index contributed by atoms with van der Waals surface area (Å²) >= 11 is 0. The highest BCUT2D eigenvalue weighted by atomic mass is 19.1. The molecular formula is C11H12FNO. The van der Waals surface area contributed by atoms with Crippen LogP contribution in [0.5, 0.6) is 0 Å². The minimum Gasteiger partial charge on any atom is -0.352 e. The quantitative estimate of drug-likeness (QED) is 0.779. The Hall–Kier alpha value is -1.38. The van der Waals surface area contributed by atoms with Crippen molar-refractivity contribution in [3.05, 3.63) is 35.6 Å². The number of nitrogens with one attached hydrogen (secondary N) is 1. The first-order valence-corrected chi connectivity index (χ1v) is 4.78. The summed E-state index contributed by atoms with van der Waals surface area (Å²) in [7, 11) is 0. The number of hydrogen-bond acceptors (Lipinski definition) is 1. The van der Waals surface area contributed by atoms with Crippen LogP contribution in [0.15, 0.2) is 24.3 Å². The molecule has 14 heavy (non-hydrogen) atoms. The van der Waals surface area contributed by atoms with E-state index in [1.165, 1.54) is 12.1 Å². The minimum absolute atomic E-state index is 0.0919. The van der Waals surface area contributed by atoms with Crippen molar-refractivity contribution >= 4 is 5.91 Å². The third-order valence-electron chi connectivity index (χ3n) is 2.30. The van der Waals surface area contributed by atoms with E-state index in [1.54, 1.807) is 12.1 Å². The van der Waals surface area contributed by atoms with Crippen molar-refractivity contribution in [3.63, 3.8) is 0 Å². The van der Waals surface area contributed by atoms with E-state index in [9.17, 15) is 9.18 Å². The van der Waals surface area contributed by atoms with Gasteiger partial charge < -0.3 is 5.32 Å². The fourth-order valence-electron chi connectivity index (χ4n) is 1.33. The summed E-state index contributed by atoms with van der Waals surface area (Å²) in [6.45, 7) is 0.424. The van der Waals surface area contributed by atoms with E-state index in [0.29, 0.717) is 6.54 Å². The van der Waals surface area contributed by atoms with Crippen LogP contribution in [-0.4, -0.2) is 5.91 Å². The molecule has 1 amide bonds. The summed E-state index contributed by atoms with van der Waals surface area (Å²) in [5.41, 5.74) is 0.805. The molecule has 74 valence electrons. The summed E-state index contributed by atoms with van der Waals surface area (Å²) < 4.78 is 12.7. The van der Waals surface area contributed by atoms with Crippen molar-refractivity contribution in [1.29, 1.82) is 0 Å². The van der Waals surface area contributed by atoms with Crippen LogP contribution in [0.1, 0.15) is 18.4 Å². The zero-order valence-corrected chi connectivity index (χ0v) is 7.79. The second-order valence-corrected chi connectivity index (χ2v) is 3.62. The molecule has 2 nitrogen and oxygen atoms in total. The molecule has 1 saturated carbocycles. The summed E-state index contributed by atoms with van der Waals surface area (Å²) in [4.78, 5) is 11.3. The van der Waals surface area contributed by atoms with Crippen LogP contribution in [0.2, 0.25) is 0 Å². The average molecular weight is 193 g/mol. The number of amides is 1. The lowest BCUT2D eigenvalue weighted by molar-refractivity contribution is -0.122. The van der Waals surface area contributed by atoms with Crippen LogP contribution in [-0.2, 0) is 11.3 Å². The molecule has 0 atom stereocenters. The lowest BCUT2D eigenvalue weighted by Gasteiger charge is -2.03. The standard InChI is InChI=1S/C11H12FNO/c12-10-3-1-2-8(6-10)7-13-11(14)9-4-5-9/h1-3,6,9H,4-5,7H2,(H,13,14). The first kappa shape index (κ1) is 9.19. The molecule has 0 heterocycles. The second kappa shape index (κ2) is 3.78. The first-order chi connectivity index (χ1) is 6.75. The van der Waals surface area contributed by atoms with Gasteiger partial charge in [-0.1, -0.05) is 12.1 Å². The normalized spacial score (nSPS) is 15.2. The number of carbonyl (C=O) groups excluding carboxylic acids is 1. The van der Waals surface area contributed by atoms with Gasteiger partial charge in [0.1, 0.15) is 5.82 Å². The van der Waals surface area contributed by atoms with Gasteiger partial charge in [0.2, 0.25) is 5.91 Å². The van der Waals surface area contributed by atoms with Gasteiger partial charge in [0, 0.05) is 12.5 Å². The Labute approximate surface area is 82.1 Å². The number of rotatable bonds is 3. The molecule has 0 radical (unpaired) electrons. The highest BCUT2D eigenvalue weighted by Gasteiger charge is 2.29. The number of hydrogen-bond donors (Lipinski definition) is 1. The Bertz CT molecular complexity index is 347. The molecule has 0 aliphatic heterocycles. The van der Waals surface area contributed by atoms with Crippen LogP contribution in [0.3, 0.4) is 0 Å². The Morgan fingerprint density at radius 3 is 2.93 bits per heavy atom. The Balaban J connectivity index is 1.87.